The maximum Gasteiger partial charge on any atom is 0.271 e. The molecule has 36 heavy (non-hydrogen) atoms. The molecular weight excluding hydrogens is 556 g/mol. The van der Waals surface area contributed by atoms with E-state index in [1.165, 1.54) is 11.8 Å². The van der Waals surface area contributed by atoms with Gasteiger partial charge in [-0.15, -0.1) is 0 Å². The lowest BCUT2D eigenvalue weighted by Gasteiger charge is -2.15. The van der Waals surface area contributed by atoms with Crippen LogP contribution in [0.15, 0.2) is 117 Å². The maximum absolute atomic E-state index is 13.4. The zero-order chi connectivity index (χ0) is 24.9. The first-order valence-corrected chi connectivity index (χ1v) is 13.2. The number of ether oxygens (including phenoxy) is 1. The normalized spacial score (nSPS) is 15.6. The number of carbonyl (C=O) groups is 1. The number of para-hydroxylation sites is 2. The van der Waals surface area contributed by atoms with Crippen molar-refractivity contribution in [3.05, 3.63) is 129 Å². The summed E-state index contributed by atoms with van der Waals surface area (Å²) in [6.07, 6.45) is 1.83. The molecule has 4 nitrogen and oxygen atoms in total. The largest absolute Gasteiger partial charge is 0.487 e. The van der Waals surface area contributed by atoms with Crippen LogP contribution in [0.25, 0.3) is 6.08 Å². The van der Waals surface area contributed by atoms with E-state index in [4.69, 9.17) is 21.3 Å². The van der Waals surface area contributed by atoms with E-state index in [0.29, 0.717) is 27.5 Å². The van der Waals surface area contributed by atoms with Gasteiger partial charge < -0.3 is 4.74 Å². The van der Waals surface area contributed by atoms with Crippen molar-refractivity contribution in [3.63, 3.8) is 0 Å². The molecule has 1 amide bonds. The molecule has 1 heterocycles. The smallest absolute Gasteiger partial charge is 0.271 e. The second kappa shape index (κ2) is 11.2. The molecule has 1 fully saturated rings. The summed E-state index contributed by atoms with van der Waals surface area (Å²) in [4.78, 5) is 20.4. The number of nitrogens with zero attached hydrogens (tertiary/aromatic N) is 2. The molecule has 0 aromatic heterocycles. The molecule has 0 spiro atoms. The number of carbonyl (C=O) groups excluding carboxylic acids is 1. The van der Waals surface area contributed by atoms with Crippen molar-refractivity contribution >= 4 is 67.8 Å². The van der Waals surface area contributed by atoms with E-state index in [2.05, 4.69) is 15.9 Å². The van der Waals surface area contributed by atoms with Crippen molar-refractivity contribution in [2.24, 2.45) is 4.99 Å². The second-order valence-electron chi connectivity index (χ2n) is 7.92. The van der Waals surface area contributed by atoms with Crippen molar-refractivity contribution in [1.82, 2.24) is 0 Å². The molecule has 0 radical (unpaired) electrons. The number of halogens is 2. The number of thioether (sulfide) groups is 1. The summed E-state index contributed by atoms with van der Waals surface area (Å²) in [5.74, 6) is 0.456. The van der Waals surface area contributed by atoms with Crippen LogP contribution in [0.4, 0.5) is 11.4 Å². The third-order valence-electron chi connectivity index (χ3n) is 5.36. The van der Waals surface area contributed by atoms with Crippen LogP contribution in [0.1, 0.15) is 11.1 Å². The van der Waals surface area contributed by atoms with E-state index in [-0.39, 0.29) is 5.91 Å². The highest BCUT2D eigenvalue weighted by atomic mass is 79.9. The molecule has 4 aromatic carbocycles. The summed E-state index contributed by atoms with van der Waals surface area (Å²) in [5, 5.41) is 1.08. The Morgan fingerprint density at radius 3 is 2.31 bits per heavy atom. The predicted octanol–water partition coefficient (Wildman–Crippen LogP) is 8.49. The van der Waals surface area contributed by atoms with Crippen LogP contribution in [-0.2, 0) is 11.4 Å². The van der Waals surface area contributed by atoms with Crippen LogP contribution in [0, 0.1) is 0 Å². The second-order valence-corrected chi connectivity index (χ2v) is 10.3. The number of aliphatic imine (C=N–C) groups is 1. The van der Waals surface area contributed by atoms with E-state index < -0.39 is 0 Å². The van der Waals surface area contributed by atoms with Crippen LogP contribution >= 0.6 is 39.3 Å². The molecule has 1 aliphatic rings. The van der Waals surface area contributed by atoms with Gasteiger partial charge in [0.15, 0.2) is 5.17 Å². The van der Waals surface area contributed by atoms with E-state index in [9.17, 15) is 4.79 Å². The Labute approximate surface area is 227 Å². The lowest BCUT2D eigenvalue weighted by molar-refractivity contribution is -0.113. The van der Waals surface area contributed by atoms with E-state index >= 15 is 0 Å². The molecule has 0 bridgehead atoms. The van der Waals surface area contributed by atoms with Gasteiger partial charge in [-0.1, -0.05) is 82.1 Å². The molecular formula is C29H20BrClN2O2S. The van der Waals surface area contributed by atoms with E-state index in [1.807, 2.05) is 103 Å². The summed E-state index contributed by atoms with van der Waals surface area (Å²) >= 11 is 11.3. The number of amides is 1. The molecule has 0 N–H and O–H groups in total. The first kappa shape index (κ1) is 24.4. The number of hydrogen-bond acceptors (Lipinski definition) is 4. The molecule has 7 heteroatoms. The van der Waals surface area contributed by atoms with Gasteiger partial charge >= 0.3 is 0 Å². The highest BCUT2D eigenvalue weighted by Gasteiger charge is 2.34. The third kappa shape index (κ3) is 5.73. The summed E-state index contributed by atoms with van der Waals surface area (Å²) < 4.78 is 6.92. The Kier molecular flexibility index (Phi) is 7.56. The summed E-state index contributed by atoms with van der Waals surface area (Å²) in [5.41, 5.74) is 3.40. The number of amidine groups is 1. The standard InChI is InChI=1S/C29H20BrClN2O2S/c30-22-14-11-20(12-15-22)19-35-26-16-13-21(17-25(26)31)18-27-28(34)33(24-9-5-2-6-10-24)29(36-27)32-23-7-3-1-4-8-23/h1-18H,19H2/b27-18+,32-29?. The average Bonchev–Trinajstić information content (AvgIpc) is 3.19. The van der Waals surface area contributed by atoms with Gasteiger partial charge in [-0.05, 0) is 77.5 Å². The average molecular weight is 576 g/mol. The zero-order valence-corrected chi connectivity index (χ0v) is 22.1. The van der Waals surface area contributed by atoms with Crippen molar-refractivity contribution in [1.29, 1.82) is 0 Å². The number of hydrogen-bond donors (Lipinski definition) is 0. The molecule has 0 atom stereocenters. The Morgan fingerprint density at radius 1 is 0.917 bits per heavy atom. The van der Waals surface area contributed by atoms with Gasteiger partial charge in [0.1, 0.15) is 12.4 Å². The van der Waals surface area contributed by atoms with Gasteiger partial charge in [0.25, 0.3) is 5.91 Å². The van der Waals surface area contributed by atoms with Crippen LogP contribution in [0.3, 0.4) is 0 Å². The fourth-order valence-corrected chi connectivity index (χ4v) is 5.09. The summed E-state index contributed by atoms with van der Waals surface area (Å²) in [6.45, 7) is 0.410. The van der Waals surface area contributed by atoms with Crippen molar-refractivity contribution < 1.29 is 9.53 Å². The minimum Gasteiger partial charge on any atom is -0.487 e. The number of rotatable bonds is 6. The SMILES string of the molecule is O=C1/C(=C\c2ccc(OCc3ccc(Br)cc3)c(Cl)c2)SC(=Nc2ccccc2)N1c1ccccc1. The van der Waals surface area contributed by atoms with E-state index in [0.717, 1.165) is 27.0 Å². The monoisotopic (exact) mass is 574 g/mol. The fraction of sp³-hybridized carbons (Fsp3) is 0.0345. The Morgan fingerprint density at radius 2 is 1.61 bits per heavy atom. The van der Waals surface area contributed by atoms with Crippen LogP contribution in [0.2, 0.25) is 5.02 Å². The summed E-state index contributed by atoms with van der Waals surface area (Å²) in [6, 6.07) is 32.6. The lowest BCUT2D eigenvalue weighted by atomic mass is 10.2. The van der Waals surface area contributed by atoms with Crippen molar-refractivity contribution in [2.75, 3.05) is 4.90 Å². The molecule has 0 unspecified atom stereocenters. The first-order valence-electron chi connectivity index (χ1n) is 11.2. The molecule has 5 rings (SSSR count). The lowest BCUT2D eigenvalue weighted by Crippen LogP contribution is -2.28. The molecule has 1 aliphatic heterocycles. The van der Waals surface area contributed by atoms with Crippen LogP contribution in [-0.4, -0.2) is 11.1 Å². The minimum absolute atomic E-state index is 0.132. The third-order valence-corrected chi connectivity index (χ3v) is 7.16. The maximum atomic E-state index is 13.4. The molecule has 1 saturated heterocycles. The Balaban J connectivity index is 1.39. The molecule has 0 aliphatic carbocycles. The highest BCUT2D eigenvalue weighted by Crippen LogP contribution is 2.38. The minimum atomic E-state index is -0.132. The Bertz CT molecular complexity index is 1440. The molecule has 0 saturated carbocycles. The topological polar surface area (TPSA) is 41.9 Å². The van der Waals surface area contributed by atoms with Gasteiger partial charge in [-0.3, -0.25) is 9.69 Å². The fourth-order valence-electron chi connectivity index (χ4n) is 3.58. The van der Waals surface area contributed by atoms with Gasteiger partial charge in [0, 0.05) is 4.47 Å². The molecule has 4 aromatic rings. The zero-order valence-electron chi connectivity index (χ0n) is 19.0. The summed E-state index contributed by atoms with van der Waals surface area (Å²) in [7, 11) is 0. The van der Waals surface area contributed by atoms with Gasteiger partial charge in [-0.25, -0.2) is 4.99 Å². The van der Waals surface area contributed by atoms with Crippen LogP contribution in [0.5, 0.6) is 5.75 Å². The van der Waals surface area contributed by atoms with Gasteiger partial charge in [0.2, 0.25) is 0 Å². The van der Waals surface area contributed by atoms with Gasteiger partial charge in [0.05, 0.1) is 21.3 Å². The predicted molar refractivity (Wildman–Crippen MR) is 153 cm³/mol. The quantitative estimate of drug-likeness (QED) is 0.217. The van der Waals surface area contributed by atoms with E-state index in [1.54, 1.807) is 11.0 Å². The van der Waals surface area contributed by atoms with Crippen LogP contribution < -0.4 is 9.64 Å². The van der Waals surface area contributed by atoms with Crippen molar-refractivity contribution in [2.45, 2.75) is 6.61 Å². The number of anilines is 1. The Hall–Kier alpha value is -3.32. The van der Waals surface area contributed by atoms with Gasteiger partial charge in [-0.2, -0.15) is 0 Å². The first-order chi connectivity index (χ1) is 17.6. The van der Waals surface area contributed by atoms with Crippen molar-refractivity contribution in [3.8, 4) is 5.75 Å². The highest BCUT2D eigenvalue weighted by molar-refractivity contribution is 9.10. The number of benzene rings is 4. The molecule has 178 valence electrons.